The van der Waals surface area contributed by atoms with Crippen molar-refractivity contribution >= 4 is 46.6 Å². The fourth-order valence-electron chi connectivity index (χ4n) is 4.76. The molecular weight excluding hydrogens is 470 g/mol. The number of Topliss-reactive ketones (excluding diaryl/α,β-unsaturated/α-hetero) is 1. The molecule has 3 heterocycles. The molecule has 0 saturated carbocycles. The molecule has 0 radical (unpaired) electrons. The predicted octanol–water partition coefficient (Wildman–Crippen LogP) is 4.26. The maximum atomic E-state index is 13.2. The Labute approximate surface area is 209 Å². The largest absolute Gasteiger partial charge is 0.496 e. The molecule has 2 aliphatic heterocycles. The number of nitrogens with zero attached hydrogens (tertiary/aromatic N) is 2. The van der Waals surface area contributed by atoms with Crippen molar-refractivity contribution in [1.82, 2.24) is 9.88 Å². The number of anilines is 1. The number of hydrogen-bond donors (Lipinski definition) is 1. The van der Waals surface area contributed by atoms with E-state index in [1.165, 1.54) is 6.92 Å². The van der Waals surface area contributed by atoms with Gasteiger partial charge in [-0.2, -0.15) is 0 Å². The van der Waals surface area contributed by atoms with Gasteiger partial charge in [0.05, 0.1) is 24.6 Å². The summed E-state index contributed by atoms with van der Waals surface area (Å²) in [6.07, 6.45) is 1.33. The molecule has 1 spiro atoms. The molecule has 0 atom stereocenters. The summed E-state index contributed by atoms with van der Waals surface area (Å²) in [5, 5.41) is 3.55. The van der Waals surface area contributed by atoms with Gasteiger partial charge in [-0.25, -0.2) is 4.98 Å². The number of carbonyl (C=O) groups is 3. The molecule has 35 heavy (non-hydrogen) atoms. The number of nitrogens with one attached hydrogen (secondary N) is 1. The van der Waals surface area contributed by atoms with Gasteiger partial charge in [0.1, 0.15) is 22.8 Å². The number of likely N-dealkylation sites (tertiary alicyclic amines) is 1. The minimum absolute atomic E-state index is 0. The van der Waals surface area contributed by atoms with Crippen molar-refractivity contribution < 1.29 is 23.9 Å². The lowest BCUT2D eigenvalue weighted by molar-refractivity contribution is -0.114. The highest BCUT2D eigenvalue weighted by molar-refractivity contribution is 6.02. The van der Waals surface area contributed by atoms with E-state index in [2.05, 4.69) is 10.3 Å². The summed E-state index contributed by atoms with van der Waals surface area (Å²) in [5.74, 6) is 0.747. The van der Waals surface area contributed by atoms with Crippen molar-refractivity contribution in [1.29, 1.82) is 0 Å². The molecule has 0 unspecified atom stereocenters. The highest BCUT2D eigenvalue weighted by atomic mass is 35.5. The lowest BCUT2D eigenvalue weighted by Crippen LogP contribution is -2.52. The number of pyridine rings is 1. The summed E-state index contributed by atoms with van der Waals surface area (Å²) in [7, 11) is 1.58. The Morgan fingerprint density at radius 1 is 1.11 bits per heavy atom. The van der Waals surface area contributed by atoms with Gasteiger partial charge in [-0.15, -0.1) is 12.4 Å². The van der Waals surface area contributed by atoms with Gasteiger partial charge in [0, 0.05) is 50.0 Å². The molecule has 0 aliphatic carbocycles. The van der Waals surface area contributed by atoms with Crippen LogP contribution in [0.25, 0.3) is 10.9 Å². The number of fused-ring (bicyclic) bond motifs is 2. The first-order chi connectivity index (χ1) is 16.4. The van der Waals surface area contributed by atoms with E-state index in [-0.39, 0.29) is 36.4 Å². The minimum atomic E-state index is -0.634. The fraction of sp³-hybridized carbons (Fsp3) is 0.308. The van der Waals surface area contributed by atoms with Crippen LogP contribution in [0.4, 0.5) is 5.69 Å². The van der Waals surface area contributed by atoms with Gasteiger partial charge in [-0.1, -0.05) is 12.1 Å². The third-order valence-electron chi connectivity index (χ3n) is 6.49. The summed E-state index contributed by atoms with van der Waals surface area (Å²) >= 11 is 0. The van der Waals surface area contributed by atoms with Crippen molar-refractivity contribution in [2.45, 2.75) is 31.8 Å². The van der Waals surface area contributed by atoms with Crippen molar-refractivity contribution in [3.8, 4) is 11.5 Å². The number of hydrogen-bond acceptors (Lipinski definition) is 6. The highest BCUT2D eigenvalue weighted by Gasteiger charge is 2.44. The first-order valence-electron chi connectivity index (χ1n) is 11.2. The van der Waals surface area contributed by atoms with Crippen LogP contribution in [0.15, 0.2) is 48.5 Å². The van der Waals surface area contributed by atoms with Gasteiger partial charge >= 0.3 is 0 Å². The zero-order valence-corrected chi connectivity index (χ0v) is 20.3. The second kappa shape index (κ2) is 9.54. The van der Waals surface area contributed by atoms with Crippen LogP contribution in [-0.2, 0) is 4.79 Å². The molecule has 1 aromatic heterocycles. The minimum Gasteiger partial charge on any atom is -0.496 e. The second-order valence-corrected chi connectivity index (χ2v) is 8.80. The normalized spacial score (nSPS) is 16.2. The van der Waals surface area contributed by atoms with E-state index in [4.69, 9.17) is 9.47 Å². The summed E-state index contributed by atoms with van der Waals surface area (Å²) in [5.41, 5.74) is 1.45. The number of methoxy groups -OCH3 is 1. The third kappa shape index (κ3) is 4.66. The molecule has 0 bridgehead atoms. The van der Waals surface area contributed by atoms with Crippen molar-refractivity contribution in [3.05, 3.63) is 59.8 Å². The Morgan fingerprint density at radius 3 is 2.57 bits per heavy atom. The van der Waals surface area contributed by atoms with Gasteiger partial charge in [-0.3, -0.25) is 14.4 Å². The van der Waals surface area contributed by atoms with Gasteiger partial charge < -0.3 is 19.7 Å². The zero-order chi connectivity index (χ0) is 23.9. The van der Waals surface area contributed by atoms with Crippen LogP contribution in [0.3, 0.4) is 0 Å². The van der Waals surface area contributed by atoms with E-state index in [0.717, 1.165) is 5.39 Å². The molecule has 3 aromatic rings. The lowest BCUT2D eigenvalue weighted by Gasteiger charge is -2.44. The molecule has 5 rings (SSSR count). The number of amides is 2. The molecule has 1 saturated heterocycles. The van der Waals surface area contributed by atoms with Gasteiger partial charge in [-0.05, 0) is 30.3 Å². The molecule has 2 amide bonds. The molecule has 1 fully saturated rings. The molecular formula is C26H26ClN3O5. The lowest BCUT2D eigenvalue weighted by atomic mass is 9.82. The summed E-state index contributed by atoms with van der Waals surface area (Å²) in [4.78, 5) is 43.8. The Bertz CT molecular complexity index is 1320. The quantitative estimate of drug-likeness (QED) is 0.583. The van der Waals surface area contributed by atoms with Crippen LogP contribution >= 0.6 is 12.4 Å². The number of para-hydroxylation sites is 1. The number of rotatable bonds is 3. The van der Waals surface area contributed by atoms with Gasteiger partial charge in [0.25, 0.3) is 5.91 Å². The van der Waals surface area contributed by atoms with Crippen LogP contribution in [0.5, 0.6) is 11.5 Å². The van der Waals surface area contributed by atoms with Gasteiger partial charge in [0.15, 0.2) is 5.78 Å². The Morgan fingerprint density at radius 2 is 1.86 bits per heavy atom. The van der Waals surface area contributed by atoms with E-state index in [0.29, 0.717) is 59.9 Å². The smallest absolute Gasteiger partial charge is 0.272 e. The summed E-state index contributed by atoms with van der Waals surface area (Å²) in [6.45, 7) is 2.34. The number of halogens is 1. The molecule has 9 heteroatoms. The summed E-state index contributed by atoms with van der Waals surface area (Å²) in [6, 6.07) is 14.3. The third-order valence-corrected chi connectivity index (χ3v) is 6.49. The molecule has 2 aliphatic rings. The van der Waals surface area contributed by atoms with Crippen LogP contribution in [-0.4, -0.2) is 53.3 Å². The predicted molar refractivity (Wildman–Crippen MR) is 134 cm³/mol. The first-order valence-corrected chi connectivity index (χ1v) is 11.2. The second-order valence-electron chi connectivity index (χ2n) is 8.80. The highest BCUT2D eigenvalue weighted by Crippen LogP contribution is 2.40. The zero-order valence-electron chi connectivity index (χ0n) is 19.5. The number of benzene rings is 2. The standard InChI is InChI=1S/C26H25N3O5.ClH/c1-16(30)27-17-7-8-23-19(13-17)22(31)15-26(34-23)9-11-29(12-10-26)25(32)21-14-24(33-2)18-5-3-4-6-20(18)28-21;/h3-8,13-14H,9-12,15H2,1-2H3,(H,27,30);1H. The van der Waals surface area contributed by atoms with Gasteiger partial charge in [0.2, 0.25) is 5.91 Å². The number of ketones is 1. The van der Waals surface area contributed by atoms with Crippen molar-refractivity contribution in [2.24, 2.45) is 0 Å². The monoisotopic (exact) mass is 495 g/mol. The van der Waals surface area contributed by atoms with E-state index >= 15 is 0 Å². The van der Waals surface area contributed by atoms with Crippen LogP contribution in [0.1, 0.15) is 47.0 Å². The average molecular weight is 496 g/mol. The molecule has 8 nitrogen and oxygen atoms in total. The molecule has 1 N–H and O–H groups in total. The summed E-state index contributed by atoms with van der Waals surface area (Å²) < 4.78 is 11.8. The molecule has 182 valence electrons. The fourth-order valence-corrected chi connectivity index (χ4v) is 4.76. The average Bonchev–Trinajstić information content (AvgIpc) is 2.83. The number of carbonyl (C=O) groups excluding carboxylic acids is 3. The Balaban J connectivity index is 0.00000289. The van der Waals surface area contributed by atoms with Crippen LogP contribution < -0.4 is 14.8 Å². The van der Waals surface area contributed by atoms with E-state index in [1.807, 2.05) is 24.3 Å². The maximum Gasteiger partial charge on any atom is 0.272 e. The number of aromatic nitrogens is 1. The Kier molecular flexibility index (Phi) is 6.67. The SMILES string of the molecule is COc1cc(C(=O)N2CCC3(CC2)CC(=O)c2cc(NC(C)=O)ccc2O3)nc2ccccc12.Cl. The van der Waals surface area contributed by atoms with Crippen LogP contribution in [0, 0.1) is 0 Å². The van der Waals surface area contributed by atoms with Crippen molar-refractivity contribution in [2.75, 3.05) is 25.5 Å². The van der Waals surface area contributed by atoms with Crippen molar-refractivity contribution in [3.63, 3.8) is 0 Å². The number of ether oxygens (including phenoxy) is 2. The Hall–Kier alpha value is -3.65. The first kappa shape index (κ1) is 24.5. The van der Waals surface area contributed by atoms with E-state index in [9.17, 15) is 14.4 Å². The number of piperidine rings is 1. The molecule has 2 aromatic carbocycles. The van der Waals surface area contributed by atoms with E-state index < -0.39 is 5.60 Å². The topological polar surface area (TPSA) is 97.8 Å². The van der Waals surface area contributed by atoms with E-state index in [1.54, 1.807) is 36.3 Å². The van der Waals surface area contributed by atoms with Crippen LogP contribution in [0.2, 0.25) is 0 Å². The maximum absolute atomic E-state index is 13.2.